The minimum absolute atomic E-state index is 0.0964. The van der Waals surface area contributed by atoms with Crippen LogP contribution in [-0.2, 0) is 4.79 Å². The smallest absolute Gasteiger partial charge is 0.227 e. The second kappa shape index (κ2) is 8.18. The third-order valence-electron chi connectivity index (χ3n) is 4.53. The summed E-state index contributed by atoms with van der Waals surface area (Å²) in [4.78, 5) is 12.5. The van der Waals surface area contributed by atoms with Gasteiger partial charge in [-0.2, -0.15) is 0 Å². The average Bonchev–Trinajstić information content (AvgIpc) is 2.58. The van der Waals surface area contributed by atoms with Crippen LogP contribution in [0.4, 0.5) is 0 Å². The molecule has 0 fully saturated rings. The van der Waals surface area contributed by atoms with E-state index in [2.05, 4.69) is 38.2 Å². The van der Waals surface area contributed by atoms with E-state index in [9.17, 15) is 4.79 Å². The second-order valence-corrected chi connectivity index (χ2v) is 7.08. The largest absolute Gasteiger partial charge is 0.497 e. The van der Waals surface area contributed by atoms with Crippen molar-refractivity contribution in [3.8, 4) is 5.75 Å². The van der Waals surface area contributed by atoms with E-state index in [1.165, 1.54) is 0 Å². The molecule has 0 bridgehead atoms. The van der Waals surface area contributed by atoms with Crippen LogP contribution in [0, 0.1) is 5.92 Å². The number of methoxy groups -OCH3 is 1. The molecule has 24 heavy (non-hydrogen) atoms. The lowest BCUT2D eigenvalue weighted by atomic mass is 9.96. The fourth-order valence-corrected chi connectivity index (χ4v) is 2.81. The van der Waals surface area contributed by atoms with Crippen LogP contribution in [0.3, 0.4) is 0 Å². The summed E-state index contributed by atoms with van der Waals surface area (Å²) < 4.78 is 5.26. The van der Waals surface area contributed by atoms with Crippen molar-refractivity contribution in [2.24, 2.45) is 5.92 Å². The SMILES string of the molecule is COc1ccc2cc(C(C)C(=O)NC(C)CCC(C)C)ccc2c1. The van der Waals surface area contributed by atoms with Crippen LogP contribution in [0.1, 0.15) is 52.0 Å². The summed E-state index contributed by atoms with van der Waals surface area (Å²) in [6.07, 6.45) is 2.15. The summed E-state index contributed by atoms with van der Waals surface area (Å²) in [5, 5.41) is 5.39. The van der Waals surface area contributed by atoms with Gasteiger partial charge in [-0.3, -0.25) is 4.79 Å². The van der Waals surface area contributed by atoms with Gasteiger partial charge in [-0.25, -0.2) is 0 Å². The monoisotopic (exact) mass is 327 g/mol. The number of amides is 1. The van der Waals surface area contributed by atoms with E-state index in [1.54, 1.807) is 7.11 Å². The highest BCUT2D eigenvalue weighted by Gasteiger charge is 2.17. The molecule has 0 saturated heterocycles. The number of hydrogen-bond acceptors (Lipinski definition) is 2. The zero-order valence-electron chi connectivity index (χ0n) is 15.4. The Labute approximate surface area is 145 Å². The molecule has 1 amide bonds. The van der Waals surface area contributed by atoms with E-state index in [-0.39, 0.29) is 17.9 Å². The summed E-state index contributed by atoms with van der Waals surface area (Å²) in [7, 11) is 1.67. The molecule has 2 atom stereocenters. The average molecular weight is 327 g/mol. The summed E-state index contributed by atoms with van der Waals surface area (Å²) in [6, 6.07) is 12.4. The normalized spacial score (nSPS) is 13.8. The molecule has 0 aliphatic carbocycles. The van der Waals surface area contributed by atoms with Gasteiger partial charge in [-0.05, 0) is 61.1 Å². The van der Waals surface area contributed by atoms with E-state index >= 15 is 0 Å². The molecule has 1 N–H and O–H groups in total. The van der Waals surface area contributed by atoms with Crippen LogP contribution in [0.25, 0.3) is 10.8 Å². The fraction of sp³-hybridized carbons (Fsp3) is 0.476. The lowest BCUT2D eigenvalue weighted by Crippen LogP contribution is -2.35. The van der Waals surface area contributed by atoms with Gasteiger partial charge in [0.05, 0.1) is 13.0 Å². The van der Waals surface area contributed by atoms with Gasteiger partial charge in [-0.15, -0.1) is 0 Å². The van der Waals surface area contributed by atoms with Crippen LogP contribution >= 0.6 is 0 Å². The van der Waals surface area contributed by atoms with Gasteiger partial charge in [0, 0.05) is 6.04 Å². The Balaban J connectivity index is 2.06. The molecule has 0 saturated carbocycles. The zero-order chi connectivity index (χ0) is 17.7. The van der Waals surface area contributed by atoms with E-state index in [1.807, 2.05) is 31.2 Å². The minimum atomic E-state index is -0.155. The first kappa shape index (κ1) is 18.3. The number of hydrogen-bond donors (Lipinski definition) is 1. The van der Waals surface area contributed by atoms with Gasteiger partial charge >= 0.3 is 0 Å². The molecule has 2 rings (SSSR count). The Hall–Kier alpha value is -2.03. The Morgan fingerprint density at radius 1 is 1.00 bits per heavy atom. The van der Waals surface area contributed by atoms with Crippen LogP contribution in [0.5, 0.6) is 5.75 Å². The van der Waals surface area contributed by atoms with Crippen molar-refractivity contribution in [1.29, 1.82) is 0 Å². The summed E-state index contributed by atoms with van der Waals surface area (Å²) in [5.41, 5.74) is 1.04. The number of carbonyl (C=O) groups excluding carboxylic acids is 1. The van der Waals surface area contributed by atoms with E-state index in [0.717, 1.165) is 34.9 Å². The van der Waals surface area contributed by atoms with Crippen LogP contribution in [0.15, 0.2) is 36.4 Å². The number of benzene rings is 2. The Kier molecular flexibility index (Phi) is 6.24. The van der Waals surface area contributed by atoms with E-state index in [4.69, 9.17) is 4.74 Å². The van der Waals surface area contributed by atoms with Gasteiger partial charge in [0.1, 0.15) is 5.75 Å². The minimum Gasteiger partial charge on any atom is -0.497 e. The predicted octanol–water partition coefficient (Wildman–Crippen LogP) is 4.89. The highest BCUT2D eigenvalue weighted by Crippen LogP contribution is 2.25. The maximum atomic E-state index is 12.5. The molecule has 130 valence electrons. The molecule has 0 aliphatic rings. The number of nitrogens with one attached hydrogen (secondary N) is 1. The Bertz CT molecular complexity index is 693. The van der Waals surface area contributed by atoms with E-state index in [0.29, 0.717) is 5.92 Å². The lowest BCUT2D eigenvalue weighted by molar-refractivity contribution is -0.122. The van der Waals surface area contributed by atoms with Crippen molar-refractivity contribution in [1.82, 2.24) is 5.32 Å². The number of fused-ring (bicyclic) bond motifs is 1. The van der Waals surface area contributed by atoms with Crippen molar-refractivity contribution < 1.29 is 9.53 Å². The van der Waals surface area contributed by atoms with Crippen LogP contribution < -0.4 is 10.1 Å². The van der Waals surface area contributed by atoms with Gasteiger partial charge < -0.3 is 10.1 Å². The standard InChI is InChI=1S/C21H29NO2/c1-14(2)6-7-15(3)22-21(23)16(4)17-8-9-19-13-20(24-5)11-10-18(19)12-17/h8-16H,6-7H2,1-5H3,(H,22,23). The van der Waals surface area contributed by atoms with Gasteiger partial charge in [0.15, 0.2) is 0 Å². The lowest BCUT2D eigenvalue weighted by Gasteiger charge is -2.19. The molecule has 0 heterocycles. The van der Waals surface area contributed by atoms with E-state index < -0.39 is 0 Å². The fourth-order valence-electron chi connectivity index (χ4n) is 2.81. The molecule has 2 aromatic carbocycles. The number of carbonyl (C=O) groups is 1. The molecule has 3 heteroatoms. The third kappa shape index (κ3) is 4.73. The highest BCUT2D eigenvalue weighted by atomic mass is 16.5. The topological polar surface area (TPSA) is 38.3 Å². The van der Waals surface area contributed by atoms with Crippen molar-refractivity contribution in [2.45, 2.75) is 52.5 Å². The molecule has 0 radical (unpaired) electrons. The first-order chi connectivity index (χ1) is 11.4. The summed E-state index contributed by atoms with van der Waals surface area (Å²) >= 11 is 0. The van der Waals surface area contributed by atoms with Crippen LogP contribution in [-0.4, -0.2) is 19.1 Å². The maximum absolute atomic E-state index is 12.5. The van der Waals surface area contributed by atoms with Crippen molar-refractivity contribution >= 4 is 16.7 Å². The van der Waals surface area contributed by atoms with Crippen LogP contribution in [0.2, 0.25) is 0 Å². The maximum Gasteiger partial charge on any atom is 0.227 e. The van der Waals surface area contributed by atoms with Crippen molar-refractivity contribution in [2.75, 3.05) is 7.11 Å². The molecule has 2 unspecified atom stereocenters. The molecule has 0 spiro atoms. The Morgan fingerprint density at radius 2 is 1.67 bits per heavy atom. The van der Waals surface area contributed by atoms with Gasteiger partial charge in [-0.1, -0.05) is 38.1 Å². The van der Waals surface area contributed by atoms with Gasteiger partial charge in [0.25, 0.3) is 0 Å². The quantitative estimate of drug-likeness (QED) is 0.786. The highest BCUT2D eigenvalue weighted by molar-refractivity contribution is 5.88. The molecule has 3 nitrogen and oxygen atoms in total. The van der Waals surface area contributed by atoms with Gasteiger partial charge in [0.2, 0.25) is 5.91 Å². The summed E-state index contributed by atoms with van der Waals surface area (Å²) in [6.45, 7) is 8.47. The first-order valence-electron chi connectivity index (χ1n) is 8.78. The third-order valence-corrected chi connectivity index (χ3v) is 4.53. The summed E-state index contributed by atoms with van der Waals surface area (Å²) in [5.74, 6) is 1.45. The Morgan fingerprint density at radius 3 is 2.33 bits per heavy atom. The number of rotatable bonds is 7. The molecular weight excluding hydrogens is 298 g/mol. The number of ether oxygens (including phenoxy) is 1. The molecule has 0 aromatic heterocycles. The molecule has 2 aromatic rings. The zero-order valence-corrected chi connectivity index (χ0v) is 15.4. The predicted molar refractivity (Wildman–Crippen MR) is 101 cm³/mol. The van der Waals surface area contributed by atoms with Crippen molar-refractivity contribution in [3.63, 3.8) is 0 Å². The molecular formula is C21H29NO2. The second-order valence-electron chi connectivity index (χ2n) is 7.08. The molecule has 0 aliphatic heterocycles. The first-order valence-corrected chi connectivity index (χ1v) is 8.78. The van der Waals surface area contributed by atoms with Crippen molar-refractivity contribution in [3.05, 3.63) is 42.0 Å².